The molecule has 0 saturated heterocycles. The number of nitrogens with zero attached hydrogens (tertiary/aromatic N) is 3. The van der Waals surface area contributed by atoms with E-state index >= 15 is 0 Å². The van der Waals surface area contributed by atoms with Gasteiger partial charge in [0, 0.05) is 19.2 Å². The summed E-state index contributed by atoms with van der Waals surface area (Å²) in [6.07, 6.45) is 3.95. The molecule has 2 bridgehead atoms. The number of aromatic nitrogens is 3. The molecule has 0 unspecified atom stereocenters. The Morgan fingerprint density at radius 3 is 2.27 bits per heavy atom. The lowest BCUT2D eigenvalue weighted by Crippen LogP contribution is -2.53. The van der Waals surface area contributed by atoms with Gasteiger partial charge in [-0.3, -0.25) is 14.4 Å². The summed E-state index contributed by atoms with van der Waals surface area (Å²) in [4.78, 5) is 43.8. The molecule has 3 amide bonds. The second-order valence-electron chi connectivity index (χ2n) is 12.3. The van der Waals surface area contributed by atoms with Crippen molar-refractivity contribution >= 4 is 45.0 Å². The van der Waals surface area contributed by atoms with Gasteiger partial charge in [-0.15, -0.1) is 0 Å². The molecule has 12 nitrogen and oxygen atoms in total. The molecule has 0 radical (unpaired) electrons. The van der Waals surface area contributed by atoms with Gasteiger partial charge in [-0.05, 0) is 85.9 Å². The quantitative estimate of drug-likeness (QED) is 0.222. The van der Waals surface area contributed by atoms with Crippen LogP contribution in [0.25, 0.3) is 5.65 Å². The van der Waals surface area contributed by atoms with E-state index in [9.17, 15) is 31.6 Å². The van der Waals surface area contributed by atoms with E-state index < -0.39 is 44.8 Å². The van der Waals surface area contributed by atoms with Crippen LogP contribution >= 0.6 is 11.6 Å². The van der Waals surface area contributed by atoms with Crippen LogP contribution in [0.4, 0.5) is 8.78 Å². The number of carbonyl (C=O) groups is 3. The third-order valence-corrected chi connectivity index (χ3v) is 11.1. The van der Waals surface area contributed by atoms with Crippen LogP contribution in [-0.4, -0.2) is 54.4 Å². The number of carbonyl (C=O) groups excluding carboxylic acids is 3. The number of nitrogens with one attached hydrogen (secondary N) is 3. The molecule has 2 heterocycles. The molecule has 2 aromatic carbocycles. The van der Waals surface area contributed by atoms with E-state index in [0.29, 0.717) is 49.8 Å². The zero-order valence-electron chi connectivity index (χ0n) is 25.7. The maximum absolute atomic E-state index is 14.6. The first-order chi connectivity index (χ1) is 22.8. The summed E-state index contributed by atoms with van der Waals surface area (Å²) in [6, 6.07) is 10.9. The Morgan fingerprint density at radius 2 is 1.62 bits per heavy atom. The number of rotatable bonds is 10. The van der Waals surface area contributed by atoms with Crippen LogP contribution in [0.1, 0.15) is 65.1 Å². The van der Waals surface area contributed by atoms with Crippen LogP contribution in [0.3, 0.4) is 0 Å². The van der Waals surface area contributed by atoms with Crippen LogP contribution in [-0.2, 0) is 21.4 Å². The third kappa shape index (κ3) is 6.43. The second kappa shape index (κ2) is 12.8. The number of halogens is 3. The van der Waals surface area contributed by atoms with Gasteiger partial charge < -0.3 is 15.4 Å². The van der Waals surface area contributed by atoms with E-state index in [1.807, 2.05) is 0 Å². The van der Waals surface area contributed by atoms with Crippen molar-refractivity contribution < 1.29 is 36.3 Å². The summed E-state index contributed by atoms with van der Waals surface area (Å²) < 4.78 is 62.2. The zero-order valence-corrected chi connectivity index (χ0v) is 27.3. The number of hydrogen-bond donors (Lipinski definition) is 3. The van der Waals surface area contributed by atoms with Gasteiger partial charge >= 0.3 is 0 Å². The Bertz CT molecular complexity index is 2010. The van der Waals surface area contributed by atoms with Gasteiger partial charge in [0.25, 0.3) is 21.8 Å². The number of benzene rings is 2. The predicted molar refractivity (Wildman–Crippen MR) is 169 cm³/mol. The Hall–Kier alpha value is -4.63. The molecule has 3 aliphatic carbocycles. The monoisotopic (exact) mass is 700 g/mol. The van der Waals surface area contributed by atoms with E-state index in [1.165, 1.54) is 55.6 Å². The van der Waals surface area contributed by atoms with Gasteiger partial charge in [0.2, 0.25) is 5.91 Å². The fourth-order valence-electron chi connectivity index (χ4n) is 6.41. The third-order valence-electron chi connectivity index (χ3n) is 9.44. The highest BCUT2D eigenvalue weighted by molar-refractivity contribution is 7.90. The molecule has 3 aliphatic rings. The maximum Gasteiger partial charge on any atom is 0.270 e. The molecule has 2 aromatic heterocycles. The molecular weight excluding hydrogens is 670 g/mol. The Morgan fingerprint density at radius 1 is 0.938 bits per heavy atom. The first-order valence-corrected chi connectivity index (χ1v) is 17.0. The fraction of sp³-hybridized carbons (Fsp3) is 0.344. The number of hydrogen-bond acceptors (Lipinski definition) is 8. The molecule has 7 rings (SSSR count). The number of ether oxygens (including phenoxy) is 1. The smallest absolute Gasteiger partial charge is 0.270 e. The SMILES string of the molecule is COc1ccc(S(=O)(=O)NC(=O)C23CCC(CNC(=O)c4cc(C(=O)NCc5ccc(F)c(Cl)c5)nc5c(F)cnn45)(CC2)CC3)cc1. The summed E-state index contributed by atoms with van der Waals surface area (Å²) in [7, 11) is -2.61. The number of fused-ring (bicyclic) bond motifs is 4. The topological polar surface area (TPSA) is 161 Å². The summed E-state index contributed by atoms with van der Waals surface area (Å²) in [5.41, 5.74) is -1.30. The number of sulfonamides is 1. The van der Waals surface area contributed by atoms with E-state index in [4.69, 9.17) is 16.3 Å². The summed E-state index contributed by atoms with van der Waals surface area (Å²) in [5, 5.41) is 9.31. The van der Waals surface area contributed by atoms with Crippen LogP contribution in [0.15, 0.2) is 59.6 Å². The van der Waals surface area contributed by atoms with Crippen molar-refractivity contribution in [2.75, 3.05) is 13.7 Å². The maximum atomic E-state index is 14.6. The molecule has 3 N–H and O–H groups in total. The largest absolute Gasteiger partial charge is 0.497 e. The van der Waals surface area contributed by atoms with Crippen LogP contribution in [0, 0.1) is 22.5 Å². The number of amides is 3. The summed E-state index contributed by atoms with van der Waals surface area (Å²) in [6.45, 7) is 0.221. The van der Waals surface area contributed by atoms with Crippen molar-refractivity contribution in [3.8, 4) is 5.75 Å². The molecule has 0 spiro atoms. The van der Waals surface area contributed by atoms with Gasteiger partial charge in [-0.25, -0.2) is 31.4 Å². The first kappa shape index (κ1) is 33.3. The molecule has 0 aliphatic heterocycles. The zero-order chi connectivity index (χ0) is 34.3. The van der Waals surface area contributed by atoms with Crippen molar-refractivity contribution in [3.05, 3.63) is 88.3 Å². The van der Waals surface area contributed by atoms with Gasteiger partial charge in [0.15, 0.2) is 11.5 Å². The lowest BCUT2D eigenvalue weighted by molar-refractivity contribution is -0.138. The summed E-state index contributed by atoms with van der Waals surface area (Å²) in [5.74, 6) is -2.79. The Labute approximate surface area is 279 Å². The summed E-state index contributed by atoms with van der Waals surface area (Å²) >= 11 is 5.81. The van der Waals surface area contributed by atoms with Gasteiger partial charge in [-0.2, -0.15) is 5.10 Å². The van der Waals surface area contributed by atoms with E-state index in [1.54, 1.807) is 0 Å². The minimum absolute atomic E-state index is 0.0234. The van der Waals surface area contributed by atoms with Crippen LogP contribution in [0.2, 0.25) is 5.02 Å². The van der Waals surface area contributed by atoms with E-state index in [-0.39, 0.29) is 45.5 Å². The van der Waals surface area contributed by atoms with Gasteiger partial charge in [0.05, 0.1) is 28.6 Å². The standard InChI is InChI=1S/C32H31ClF2N6O6S/c1-47-20-3-5-21(6-4-20)48(45,46)40-30(44)32-11-8-31(9-12-32,10-13-32)18-37-29(43)26-15-25(39-27-24(35)17-38-41(26)27)28(42)36-16-19-2-7-23(34)22(33)14-19/h2-7,14-15,17H,8-13,16,18H2,1H3,(H,36,42)(H,37,43)(H,40,44). The molecule has 3 saturated carbocycles. The van der Waals surface area contributed by atoms with Crippen LogP contribution < -0.4 is 20.1 Å². The fourth-order valence-corrected chi connectivity index (χ4v) is 7.68. The van der Waals surface area contributed by atoms with Crippen molar-refractivity contribution in [3.63, 3.8) is 0 Å². The van der Waals surface area contributed by atoms with Crippen molar-refractivity contribution in [2.45, 2.75) is 50.0 Å². The highest BCUT2D eigenvalue weighted by Crippen LogP contribution is 2.56. The second-order valence-corrected chi connectivity index (χ2v) is 14.3. The van der Waals surface area contributed by atoms with Gasteiger partial charge in [0.1, 0.15) is 23.0 Å². The average Bonchev–Trinajstić information content (AvgIpc) is 3.48. The lowest BCUT2D eigenvalue weighted by Gasteiger charge is -2.52. The molecular formula is C32H31ClF2N6O6S. The van der Waals surface area contributed by atoms with E-state index in [2.05, 4.69) is 25.4 Å². The highest BCUT2D eigenvalue weighted by atomic mass is 35.5. The Balaban J connectivity index is 1.10. The minimum atomic E-state index is -4.08. The molecule has 16 heteroatoms. The molecule has 252 valence electrons. The van der Waals surface area contributed by atoms with Gasteiger partial charge in [-0.1, -0.05) is 17.7 Å². The predicted octanol–water partition coefficient (Wildman–Crippen LogP) is 4.18. The van der Waals surface area contributed by atoms with Crippen molar-refractivity contribution in [1.29, 1.82) is 0 Å². The highest BCUT2D eigenvalue weighted by Gasteiger charge is 2.53. The molecule has 4 aromatic rings. The van der Waals surface area contributed by atoms with Crippen molar-refractivity contribution in [2.24, 2.45) is 10.8 Å². The number of methoxy groups -OCH3 is 1. The minimum Gasteiger partial charge on any atom is -0.497 e. The molecule has 3 fully saturated rings. The van der Waals surface area contributed by atoms with Crippen LogP contribution in [0.5, 0.6) is 5.75 Å². The van der Waals surface area contributed by atoms with Crippen molar-refractivity contribution in [1.82, 2.24) is 30.0 Å². The first-order valence-electron chi connectivity index (χ1n) is 15.1. The average molecular weight is 701 g/mol. The Kier molecular flexibility index (Phi) is 8.85. The normalized spacial score (nSPS) is 20.3. The lowest BCUT2D eigenvalue weighted by atomic mass is 9.53. The molecule has 0 atom stereocenters. The van der Waals surface area contributed by atoms with E-state index in [0.717, 1.165) is 10.7 Å². The molecule has 48 heavy (non-hydrogen) atoms.